The second-order valence-corrected chi connectivity index (χ2v) is 12.0. The second-order valence-electron chi connectivity index (χ2n) is 12.0. The molecule has 5 heterocycles. The number of nitrogens with one attached hydrogen (secondary N) is 2. The molecular formula is C42H54N4O4. The average molecular weight is 679 g/mol. The van der Waals surface area contributed by atoms with Crippen molar-refractivity contribution in [2.45, 2.75) is 107 Å². The van der Waals surface area contributed by atoms with E-state index in [2.05, 4.69) is 103 Å². The van der Waals surface area contributed by atoms with Crippen LogP contribution >= 0.6 is 0 Å². The van der Waals surface area contributed by atoms with E-state index >= 15 is 0 Å². The van der Waals surface area contributed by atoms with Gasteiger partial charge in [0.1, 0.15) is 0 Å². The fourth-order valence-electron chi connectivity index (χ4n) is 7.10. The average Bonchev–Trinajstić information content (AvgIpc) is 3.83. The van der Waals surface area contributed by atoms with E-state index < -0.39 is 11.9 Å². The van der Waals surface area contributed by atoms with E-state index in [-0.39, 0.29) is 0 Å². The summed E-state index contributed by atoms with van der Waals surface area (Å²) in [5.41, 5.74) is 20.2. The molecular weight excluding hydrogens is 624 g/mol. The number of carboxylic acids is 2. The molecule has 8 nitrogen and oxygen atoms in total. The third kappa shape index (κ3) is 8.41. The van der Waals surface area contributed by atoms with Gasteiger partial charge < -0.3 is 20.2 Å². The van der Waals surface area contributed by atoms with Crippen LogP contribution in [0.3, 0.4) is 0 Å². The van der Waals surface area contributed by atoms with Crippen LogP contribution in [0.2, 0.25) is 0 Å². The van der Waals surface area contributed by atoms with Crippen molar-refractivity contribution >= 4 is 56.3 Å². The zero-order valence-electron chi connectivity index (χ0n) is 31.1. The number of carbonyl (C=O) groups is 2. The highest BCUT2D eigenvalue weighted by Crippen LogP contribution is 2.39. The molecule has 8 heteroatoms. The molecule has 0 amide bonds. The first-order chi connectivity index (χ1) is 24.0. The number of aromatic amines is 2. The number of hydrogen-bond donors (Lipinski definition) is 4. The fraction of sp³-hybridized carbons (Fsp3) is 0.381. The van der Waals surface area contributed by atoms with Crippen LogP contribution in [0.4, 0.5) is 0 Å². The minimum Gasteiger partial charge on any atom is -0.478 e. The molecule has 0 saturated heterocycles. The second kappa shape index (κ2) is 18.1. The largest absolute Gasteiger partial charge is 0.478 e. The molecule has 0 saturated carbocycles. The van der Waals surface area contributed by atoms with Crippen LogP contribution in [0, 0.1) is 0 Å². The van der Waals surface area contributed by atoms with Crippen LogP contribution in [0.15, 0.2) is 49.6 Å². The van der Waals surface area contributed by atoms with Crippen LogP contribution in [-0.4, -0.2) is 42.1 Å². The number of hydrogen-bond acceptors (Lipinski definition) is 4. The maximum absolute atomic E-state index is 9.25. The predicted octanol–water partition coefficient (Wildman–Crippen LogP) is 10.5. The van der Waals surface area contributed by atoms with Crippen molar-refractivity contribution in [3.8, 4) is 0 Å². The number of carboxylic acid groups (broad SMARTS) is 2. The first-order valence-electron chi connectivity index (χ1n) is 17.9. The van der Waals surface area contributed by atoms with Gasteiger partial charge >= 0.3 is 11.9 Å². The zero-order chi connectivity index (χ0) is 37.1. The number of rotatable bonds is 10. The minimum atomic E-state index is -0.981. The van der Waals surface area contributed by atoms with Crippen LogP contribution in [-0.2, 0) is 35.3 Å². The van der Waals surface area contributed by atoms with E-state index in [1.165, 1.54) is 66.6 Å². The summed E-state index contributed by atoms with van der Waals surface area (Å²) in [5.74, 6) is -1.96. The van der Waals surface area contributed by atoms with Crippen molar-refractivity contribution in [3.05, 3.63) is 94.6 Å². The van der Waals surface area contributed by atoms with E-state index in [0.29, 0.717) is 0 Å². The Kier molecular flexibility index (Phi) is 14.3. The third-order valence-electron chi connectivity index (χ3n) is 9.32. The fourth-order valence-corrected chi connectivity index (χ4v) is 7.10. The highest BCUT2D eigenvalue weighted by atomic mass is 16.4. The maximum atomic E-state index is 9.25. The van der Waals surface area contributed by atoms with Crippen molar-refractivity contribution in [3.63, 3.8) is 0 Å². The molecule has 2 aliphatic rings. The highest BCUT2D eigenvalue weighted by Gasteiger charge is 2.22. The molecule has 50 heavy (non-hydrogen) atoms. The Bertz CT molecular complexity index is 1850. The van der Waals surface area contributed by atoms with Gasteiger partial charge in [-0.2, -0.15) is 0 Å². The molecule has 0 spiro atoms. The molecule has 5 rings (SSSR count). The van der Waals surface area contributed by atoms with Crippen molar-refractivity contribution in [2.24, 2.45) is 0 Å². The van der Waals surface area contributed by atoms with Gasteiger partial charge in [-0.15, -0.1) is 0 Å². The van der Waals surface area contributed by atoms with E-state index in [9.17, 15) is 9.59 Å². The molecule has 4 N–H and O–H groups in total. The lowest BCUT2D eigenvalue weighted by Gasteiger charge is -2.04. The normalized spacial score (nSPS) is 12.2. The Balaban J connectivity index is 0.000000595. The Morgan fingerprint density at radius 3 is 0.960 bits per heavy atom. The van der Waals surface area contributed by atoms with Gasteiger partial charge in [0.15, 0.2) is 0 Å². The summed E-state index contributed by atoms with van der Waals surface area (Å²) in [7, 11) is 0. The van der Waals surface area contributed by atoms with Crippen molar-refractivity contribution in [2.75, 3.05) is 0 Å². The van der Waals surface area contributed by atoms with Gasteiger partial charge in [0.25, 0.3) is 0 Å². The number of fused-ring (bicyclic) bond motifs is 8. The smallest absolute Gasteiger partial charge is 0.327 e. The summed E-state index contributed by atoms with van der Waals surface area (Å²) in [6.07, 6.45) is 9.51. The minimum absolute atomic E-state index is 0.833. The molecule has 0 radical (unpaired) electrons. The first-order valence-corrected chi connectivity index (χ1v) is 17.9. The Hall–Kier alpha value is -4.98. The summed E-state index contributed by atoms with van der Waals surface area (Å²) in [5, 5.41) is 15.2. The van der Waals surface area contributed by atoms with Gasteiger partial charge in [-0.25, -0.2) is 19.6 Å². The molecule has 2 aliphatic heterocycles. The summed E-state index contributed by atoms with van der Waals surface area (Å²) >= 11 is 0. The quantitative estimate of drug-likeness (QED) is 0.158. The first kappa shape index (κ1) is 39.5. The van der Waals surface area contributed by atoms with Gasteiger partial charge in [0.05, 0.1) is 22.8 Å². The van der Waals surface area contributed by atoms with Gasteiger partial charge in [-0.1, -0.05) is 68.5 Å². The molecule has 3 aromatic heterocycles. The summed E-state index contributed by atoms with van der Waals surface area (Å²) in [4.78, 5) is 36.7. The van der Waals surface area contributed by atoms with Crippen LogP contribution in [0.5, 0.6) is 0 Å². The van der Waals surface area contributed by atoms with E-state index in [1.807, 2.05) is 0 Å². The summed E-state index contributed by atoms with van der Waals surface area (Å²) < 4.78 is 0. The maximum Gasteiger partial charge on any atom is 0.327 e. The number of aromatic nitrogens is 4. The van der Waals surface area contributed by atoms with Gasteiger partial charge in [-0.05, 0) is 120 Å². The number of allylic oxidation sites excluding steroid dienone is 4. The van der Waals surface area contributed by atoms with Crippen molar-refractivity contribution in [1.29, 1.82) is 0 Å². The summed E-state index contributed by atoms with van der Waals surface area (Å²) in [6, 6.07) is 9.24. The molecule has 0 aromatic carbocycles. The van der Waals surface area contributed by atoms with Crippen molar-refractivity contribution in [1.82, 2.24) is 19.9 Å². The van der Waals surface area contributed by atoms with E-state index in [0.717, 1.165) is 86.3 Å². The third-order valence-corrected chi connectivity index (χ3v) is 9.32. The van der Waals surface area contributed by atoms with Gasteiger partial charge in [-0.3, -0.25) is 0 Å². The molecule has 0 atom stereocenters. The van der Waals surface area contributed by atoms with Crippen LogP contribution in [0.25, 0.3) is 44.4 Å². The zero-order valence-corrected chi connectivity index (χ0v) is 31.1. The SMILES string of the molecule is C=CC(=O)O.C=CC(=O)O.CCC1=C(CC)c2cc3[nH]c(cc4[nH]c(cc5nc(cc1n2)C(CC)=C5CC)c(CC)c4CC)c(CC)c3CC. The number of aryl methyl sites for hydroxylation is 4. The Morgan fingerprint density at radius 2 is 0.740 bits per heavy atom. The Morgan fingerprint density at radius 1 is 0.500 bits per heavy atom. The number of nitrogens with zero attached hydrogens (tertiary/aromatic N) is 2. The lowest BCUT2D eigenvalue weighted by molar-refractivity contribution is -0.132. The molecule has 0 aliphatic carbocycles. The number of H-pyrrole nitrogens is 2. The topological polar surface area (TPSA) is 132 Å². The van der Waals surface area contributed by atoms with E-state index in [1.54, 1.807) is 0 Å². The molecule has 266 valence electrons. The standard InChI is InChI=1S/C36H46N4.2C3H4O2/c1-9-21-22(10-2)30-18-32-25(13-5)26(14-6)34(39-32)20-36-28(16-8)27(15-7)35(40-36)19-33-24(12-4)23(11-3)31(38-33)17-29(21)37-30;2*1-2-3(4)5/h17-20,37-38H,9-16H2,1-8H3;2*2H,1H2,(H,4,5). The lowest BCUT2D eigenvalue weighted by Crippen LogP contribution is -1.87. The van der Waals surface area contributed by atoms with Gasteiger partial charge in [0, 0.05) is 34.2 Å². The van der Waals surface area contributed by atoms with Crippen LogP contribution < -0.4 is 0 Å². The van der Waals surface area contributed by atoms with Crippen molar-refractivity contribution < 1.29 is 19.8 Å². The van der Waals surface area contributed by atoms with E-state index in [4.69, 9.17) is 20.2 Å². The highest BCUT2D eigenvalue weighted by molar-refractivity contribution is 5.96. The Labute approximate surface area is 296 Å². The van der Waals surface area contributed by atoms with Crippen LogP contribution in [0.1, 0.15) is 126 Å². The predicted molar refractivity (Wildman–Crippen MR) is 209 cm³/mol. The van der Waals surface area contributed by atoms with Gasteiger partial charge in [0.2, 0.25) is 0 Å². The molecule has 8 bridgehead atoms. The summed E-state index contributed by atoms with van der Waals surface area (Å²) in [6.45, 7) is 24.0. The monoisotopic (exact) mass is 678 g/mol. The number of aliphatic carboxylic acids is 2. The molecule has 0 fully saturated rings. The lowest BCUT2D eigenvalue weighted by atomic mass is 9.97. The molecule has 3 aromatic rings. The molecule has 0 unspecified atom stereocenters.